The minimum atomic E-state index is -2.70. The van der Waals surface area contributed by atoms with Crippen LogP contribution in [0.4, 0.5) is 0 Å². The molecule has 0 aliphatic carbocycles. The lowest BCUT2D eigenvalue weighted by Crippen LogP contribution is -2.74. The maximum atomic E-state index is 12.4. The Labute approximate surface area is 283 Å². The molecule has 0 N–H and O–H groups in total. The van der Waals surface area contributed by atoms with Gasteiger partial charge in [0, 0.05) is 38.1 Å². The van der Waals surface area contributed by atoms with Crippen molar-refractivity contribution < 1.29 is 81.6 Å². The van der Waals surface area contributed by atoms with Crippen LogP contribution >= 0.6 is 0 Å². The quantitative estimate of drug-likeness (QED) is 0.0479. The maximum Gasteiger partial charge on any atom is 0.232 e. The van der Waals surface area contributed by atoms with E-state index in [4.69, 9.17) is 42.6 Å². The van der Waals surface area contributed by atoms with Crippen molar-refractivity contribution >= 4 is 35.6 Å². The minimum absolute atomic E-state index is 0.00451. The van der Waals surface area contributed by atoms with Crippen LogP contribution < -0.4 is 10.2 Å². The summed E-state index contributed by atoms with van der Waals surface area (Å²) >= 11 is 0. The second-order valence-electron chi connectivity index (χ2n) is 10.4. The molecule has 2 rings (SSSR count). The molecule has 280 valence electrons. The number of imide groups is 2. The molecule has 2 aliphatic heterocycles. The number of carbonyl (C=O) groups is 6. The van der Waals surface area contributed by atoms with E-state index < -0.39 is 47.8 Å². The Bertz CT molecular complexity index is 974. The molecule has 2 fully saturated rings. The molecule has 0 unspecified atom stereocenters. The van der Waals surface area contributed by atoms with Gasteiger partial charge in [-0.2, -0.15) is 0 Å². The van der Waals surface area contributed by atoms with Crippen molar-refractivity contribution in [2.75, 3.05) is 119 Å². The third kappa shape index (κ3) is 15.5. The second kappa shape index (κ2) is 24.9. The van der Waals surface area contributed by atoms with Gasteiger partial charge < -0.3 is 62.4 Å². The van der Waals surface area contributed by atoms with E-state index in [1.54, 1.807) is 0 Å². The molecule has 0 aromatic carbocycles. The summed E-state index contributed by atoms with van der Waals surface area (Å²) in [5, 5.41) is 22.5. The number of hydrogen-bond acceptors (Lipinski definition) is 17. The first-order chi connectivity index (χ1) is 23.7. The number of hydrogen-bond donors (Lipinski definition) is 0. The van der Waals surface area contributed by atoms with Crippen molar-refractivity contribution in [2.45, 2.75) is 37.8 Å². The largest absolute Gasteiger partial charge is 0.550 e. The molecule has 0 atom stereocenters. The lowest BCUT2D eigenvalue weighted by molar-refractivity contribution is -0.327. The van der Waals surface area contributed by atoms with Crippen LogP contribution in [-0.4, -0.2) is 170 Å². The first kappa shape index (κ1) is 42.0. The predicted molar refractivity (Wildman–Crippen MR) is 157 cm³/mol. The number of likely N-dealkylation sites (tertiary alicyclic amines) is 2. The first-order valence-electron chi connectivity index (χ1n) is 16.0. The van der Waals surface area contributed by atoms with Gasteiger partial charge in [-0.15, -0.1) is 0 Å². The molecule has 0 radical (unpaired) electrons. The summed E-state index contributed by atoms with van der Waals surface area (Å²) in [6, 6.07) is 0. The summed E-state index contributed by atoms with van der Waals surface area (Å²) in [4.78, 5) is 72.9. The standard InChI is InChI=1S/C30H48N2O17/c33-24-1-2-25(34)31(24)30(29(39)40,32-26(35)3-4-27(32)36)23-49-22-21-48-20-19-47-18-17-46-16-15-45-14-13-44-12-11-43-10-9-42-8-7-41-6-5-28(37)38/h1-23H2,(H,37,38)(H,39,40)/p-2. The van der Waals surface area contributed by atoms with Crippen molar-refractivity contribution in [1.29, 1.82) is 0 Å². The zero-order valence-electron chi connectivity index (χ0n) is 27.6. The van der Waals surface area contributed by atoms with E-state index in [9.17, 15) is 39.0 Å². The van der Waals surface area contributed by atoms with Gasteiger partial charge in [-0.1, -0.05) is 0 Å². The van der Waals surface area contributed by atoms with Gasteiger partial charge in [0.2, 0.25) is 23.6 Å². The molecule has 2 aliphatic rings. The highest BCUT2D eigenvalue weighted by Crippen LogP contribution is 2.32. The number of aliphatic carboxylic acids is 2. The van der Waals surface area contributed by atoms with Crippen molar-refractivity contribution in [2.24, 2.45) is 0 Å². The summed E-state index contributed by atoms with van der Waals surface area (Å²) < 4.78 is 48.1. The van der Waals surface area contributed by atoms with Crippen LogP contribution in [-0.2, 0) is 71.4 Å². The summed E-state index contributed by atoms with van der Waals surface area (Å²) in [7, 11) is 0. The van der Waals surface area contributed by atoms with Crippen molar-refractivity contribution in [3.8, 4) is 0 Å². The predicted octanol–water partition coefficient (Wildman–Crippen LogP) is -3.98. The number of ether oxygens (including phenoxy) is 9. The molecule has 0 aromatic heterocycles. The van der Waals surface area contributed by atoms with Gasteiger partial charge in [0.25, 0.3) is 0 Å². The molecule has 0 saturated carbocycles. The highest BCUT2D eigenvalue weighted by Gasteiger charge is 2.57. The molecular weight excluding hydrogens is 660 g/mol. The first-order valence-corrected chi connectivity index (χ1v) is 16.0. The van der Waals surface area contributed by atoms with E-state index in [0.717, 1.165) is 0 Å². The molecule has 19 nitrogen and oxygen atoms in total. The van der Waals surface area contributed by atoms with Crippen LogP contribution in [0.3, 0.4) is 0 Å². The number of carbonyl (C=O) groups excluding carboxylic acids is 6. The topological polar surface area (TPSA) is 238 Å². The summed E-state index contributed by atoms with van der Waals surface area (Å²) in [6.45, 7) is 4.03. The number of amides is 4. The Balaban J connectivity index is 1.39. The molecule has 0 bridgehead atoms. The maximum absolute atomic E-state index is 12.4. The molecular formula is C30H46N2O17-2. The van der Waals surface area contributed by atoms with Crippen molar-refractivity contribution in [3.05, 3.63) is 0 Å². The fraction of sp³-hybridized carbons (Fsp3) is 0.800. The van der Waals surface area contributed by atoms with Gasteiger partial charge >= 0.3 is 0 Å². The zero-order chi connectivity index (χ0) is 35.7. The Hall–Kier alpha value is -3.14. The molecule has 0 spiro atoms. The highest BCUT2D eigenvalue weighted by atomic mass is 16.6. The summed E-state index contributed by atoms with van der Waals surface area (Å²) in [5.41, 5.74) is -2.70. The molecule has 19 heteroatoms. The van der Waals surface area contributed by atoms with E-state index in [2.05, 4.69) is 0 Å². The smallest absolute Gasteiger partial charge is 0.232 e. The van der Waals surface area contributed by atoms with Gasteiger partial charge in [0.15, 0.2) is 5.66 Å². The lowest BCUT2D eigenvalue weighted by Gasteiger charge is -2.45. The highest BCUT2D eigenvalue weighted by molar-refractivity contribution is 6.11. The van der Waals surface area contributed by atoms with E-state index >= 15 is 0 Å². The SMILES string of the molecule is O=C([O-])CCOCCOCCOCCOCCOCCOCCOCCOCCOCC(C(=O)[O-])(N1C(=O)CCC1=O)N1C(=O)CCC1=O. The van der Waals surface area contributed by atoms with Crippen molar-refractivity contribution in [3.63, 3.8) is 0 Å². The average Bonchev–Trinajstić information content (AvgIpc) is 3.59. The number of carboxylic acid groups (broad SMARTS) is 2. The zero-order valence-corrected chi connectivity index (χ0v) is 27.6. The minimum Gasteiger partial charge on any atom is -0.550 e. The molecule has 2 heterocycles. The fourth-order valence-corrected chi connectivity index (χ4v) is 4.58. The third-order valence-electron chi connectivity index (χ3n) is 6.90. The van der Waals surface area contributed by atoms with Gasteiger partial charge in [-0.05, 0) is 0 Å². The lowest BCUT2D eigenvalue weighted by atomic mass is 10.1. The van der Waals surface area contributed by atoms with Crippen LogP contribution in [0.5, 0.6) is 0 Å². The van der Waals surface area contributed by atoms with Crippen molar-refractivity contribution in [1.82, 2.24) is 9.80 Å². The van der Waals surface area contributed by atoms with Gasteiger partial charge in [0.1, 0.15) is 0 Å². The van der Waals surface area contributed by atoms with Gasteiger partial charge in [-0.25, -0.2) is 9.80 Å². The van der Waals surface area contributed by atoms with Crippen LogP contribution in [0.25, 0.3) is 0 Å². The average molecular weight is 707 g/mol. The summed E-state index contributed by atoms with van der Waals surface area (Å²) in [6.07, 6.45) is -1.15. The number of nitrogens with zero attached hydrogens (tertiary/aromatic N) is 2. The third-order valence-corrected chi connectivity index (χ3v) is 6.90. The van der Waals surface area contributed by atoms with Crippen LogP contribution in [0.15, 0.2) is 0 Å². The van der Waals surface area contributed by atoms with E-state index in [1.807, 2.05) is 0 Å². The van der Waals surface area contributed by atoms with Gasteiger partial charge in [-0.3, -0.25) is 19.2 Å². The van der Waals surface area contributed by atoms with E-state index in [0.29, 0.717) is 89.1 Å². The number of carboxylic acids is 2. The van der Waals surface area contributed by atoms with Crippen LogP contribution in [0, 0.1) is 0 Å². The van der Waals surface area contributed by atoms with Crippen LogP contribution in [0.1, 0.15) is 32.1 Å². The van der Waals surface area contributed by atoms with E-state index in [-0.39, 0.29) is 65.1 Å². The van der Waals surface area contributed by atoms with E-state index in [1.165, 1.54) is 0 Å². The normalized spacial score (nSPS) is 15.3. The molecule has 49 heavy (non-hydrogen) atoms. The fourth-order valence-electron chi connectivity index (χ4n) is 4.58. The second-order valence-corrected chi connectivity index (χ2v) is 10.4. The molecule has 4 amide bonds. The Morgan fingerprint density at radius 2 is 0.694 bits per heavy atom. The van der Waals surface area contributed by atoms with Gasteiger partial charge in [0.05, 0.1) is 125 Å². The Morgan fingerprint density at radius 1 is 0.449 bits per heavy atom. The Morgan fingerprint density at radius 3 is 0.939 bits per heavy atom. The Kier molecular flexibility index (Phi) is 21.4. The monoisotopic (exact) mass is 706 g/mol. The molecule has 2 saturated heterocycles. The van der Waals surface area contributed by atoms with Crippen LogP contribution in [0.2, 0.25) is 0 Å². The summed E-state index contributed by atoms with van der Waals surface area (Å²) in [5.74, 6) is -6.47. The number of rotatable bonds is 32. The molecule has 0 aromatic rings.